The lowest BCUT2D eigenvalue weighted by atomic mass is 9.86. The summed E-state index contributed by atoms with van der Waals surface area (Å²) in [6.07, 6.45) is 4.01. The highest BCUT2D eigenvalue weighted by Crippen LogP contribution is 2.41. The van der Waals surface area contributed by atoms with Gasteiger partial charge >= 0.3 is 0 Å². The van der Waals surface area contributed by atoms with E-state index in [-0.39, 0.29) is 11.4 Å². The Morgan fingerprint density at radius 2 is 1.87 bits per heavy atom. The Bertz CT molecular complexity index is 1050. The van der Waals surface area contributed by atoms with E-state index in [0.29, 0.717) is 16.6 Å². The van der Waals surface area contributed by atoms with Crippen LogP contribution in [0.4, 0.5) is 5.69 Å². The molecular weight excluding hydrogens is 394 g/mol. The van der Waals surface area contributed by atoms with E-state index in [9.17, 15) is 4.79 Å². The third-order valence-corrected chi connectivity index (χ3v) is 5.83. The molecule has 0 aliphatic carbocycles. The van der Waals surface area contributed by atoms with Crippen molar-refractivity contribution in [1.82, 2.24) is 5.43 Å². The average molecular weight is 424 g/mol. The second-order valence-corrected chi connectivity index (χ2v) is 9.26. The topological polar surface area (TPSA) is 44.7 Å². The summed E-state index contributed by atoms with van der Waals surface area (Å²) >= 11 is 6.18. The molecule has 0 radical (unpaired) electrons. The van der Waals surface area contributed by atoms with Crippen molar-refractivity contribution in [2.45, 2.75) is 60.0 Å². The van der Waals surface area contributed by atoms with Gasteiger partial charge in [-0.2, -0.15) is 5.10 Å². The Morgan fingerprint density at radius 1 is 1.17 bits per heavy atom. The van der Waals surface area contributed by atoms with E-state index in [1.165, 1.54) is 16.8 Å². The molecule has 1 N–H and O–H groups in total. The van der Waals surface area contributed by atoms with Gasteiger partial charge in [0.25, 0.3) is 5.91 Å². The molecule has 1 aliphatic heterocycles. The molecule has 1 amide bonds. The molecule has 1 heterocycles. The molecular formula is C25H30ClN3O. The molecule has 2 aromatic rings. The number of carbonyl (C=O) groups excluding carboxylic acids is 1. The third kappa shape index (κ3) is 4.29. The predicted octanol–water partition coefficient (Wildman–Crippen LogP) is 6.13. The Labute approximate surface area is 184 Å². The summed E-state index contributed by atoms with van der Waals surface area (Å²) in [4.78, 5) is 14.8. The van der Waals surface area contributed by atoms with Crippen LogP contribution in [-0.4, -0.2) is 23.7 Å². The van der Waals surface area contributed by atoms with Gasteiger partial charge in [-0.15, -0.1) is 0 Å². The number of hydrogen-bond acceptors (Lipinski definition) is 3. The van der Waals surface area contributed by atoms with Crippen LogP contribution in [0.1, 0.15) is 67.2 Å². The highest BCUT2D eigenvalue weighted by molar-refractivity contribution is 6.33. The van der Waals surface area contributed by atoms with E-state index < -0.39 is 0 Å². The third-order valence-electron chi connectivity index (χ3n) is 5.51. The molecule has 4 nitrogen and oxygen atoms in total. The number of hydrazone groups is 1. The Kier molecular flexibility index (Phi) is 6.09. The zero-order valence-corrected chi connectivity index (χ0v) is 19.6. The van der Waals surface area contributed by atoms with Crippen LogP contribution in [0.15, 0.2) is 41.5 Å². The maximum atomic E-state index is 12.4. The minimum atomic E-state index is -0.323. The maximum Gasteiger partial charge on any atom is 0.272 e. The molecule has 0 saturated heterocycles. The van der Waals surface area contributed by atoms with Crippen LogP contribution in [-0.2, 0) is 0 Å². The number of carbonyl (C=O) groups is 1. The molecule has 0 fully saturated rings. The molecule has 3 rings (SSSR count). The van der Waals surface area contributed by atoms with E-state index in [4.69, 9.17) is 11.6 Å². The van der Waals surface area contributed by atoms with E-state index in [1.54, 1.807) is 18.3 Å². The first-order valence-corrected chi connectivity index (χ1v) is 10.6. The number of nitrogens with zero attached hydrogens (tertiary/aromatic N) is 2. The van der Waals surface area contributed by atoms with Crippen LogP contribution in [0.3, 0.4) is 0 Å². The number of aryl methyl sites for hydroxylation is 2. The molecule has 30 heavy (non-hydrogen) atoms. The van der Waals surface area contributed by atoms with Crippen LogP contribution in [0.25, 0.3) is 5.57 Å². The summed E-state index contributed by atoms with van der Waals surface area (Å²) in [5.74, 6) is -0.323. The zero-order valence-electron chi connectivity index (χ0n) is 18.8. The van der Waals surface area contributed by atoms with Gasteiger partial charge in [0, 0.05) is 17.3 Å². The monoisotopic (exact) mass is 423 g/mol. The van der Waals surface area contributed by atoms with Gasteiger partial charge in [0.1, 0.15) is 0 Å². The largest absolute Gasteiger partial charge is 0.360 e. The number of halogens is 1. The Hall–Kier alpha value is -2.59. The first-order chi connectivity index (χ1) is 14.0. The van der Waals surface area contributed by atoms with Crippen molar-refractivity contribution in [3.05, 3.63) is 69.2 Å². The fraction of sp³-hybridized carbons (Fsp3) is 0.360. The van der Waals surface area contributed by atoms with E-state index >= 15 is 0 Å². The fourth-order valence-corrected chi connectivity index (χ4v) is 4.64. The quantitative estimate of drug-likeness (QED) is 0.474. The number of benzene rings is 2. The molecule has 0 spiro atoms. The summed E-state index contributed by atoms with van der Waals surface area (Å²) in [5, 5.41) is 4.60. The van der Waals surface area contributed by atoms with Gasteiger partial charge < -0.3 is 4.90 Å². The second-order valence-electron chi connectivity index (χ2n) is 8.85. The molecule has 0 unspecified atom stereocenters. The molecule has 5 heteroatoms. The Balaban J connectivity index is 1.88. The number of fused-ring (bicyclic) bond motifs is 1. The van der Waals surface area contributed by atoms with Gasteiger partial charge in [0.2, 0.25) is 0 Å². The van der Waals surface area contributed by atoms with Gasteiger partial charge in [0.15, 0.2) is 0 Å². The molecule has 0 saturated carbocycles. The van der Waals surface area contributed by atoms with Crippen LogP contribution in [0.5, 0.6) is 0 Å². The number of anilines is 1. The summed E-state index contributed by atoms with van der Waals surface area (Å²) in [7, 11) is 0. The molecule has 0 bridgehead atoms. The Morgan fingerprint density at radius 3 is 2.50 bits per heavy atom. The molecule has 1 aliphatic rings. The summed E-state index contributed by atoms with van der Waals surface area (Å²) < 4.78 is 0. The highest BCUT2D eigenvalue weighted by atomic mass is 35.5. The summed E-state index contributed by atoms with van der Waals surface area (Å²) in [5.41, 5.74) is 9.72. The smallest absolute Gasteiger partial charge is 0.272 e. The van der Waals surface area contributed by atoms with Crippen molar-refractivity contribution < 1.29 is 4.79 Å². The standard InChI is InChI=1S/C25H30ClN3O/c1-15(2)29-23-11-17(4)19(12-21(23)18(5)13-25(29,6)7)14-27-28-24(30)20-9-8-16(3)10-22(20)26/h8-15H,1-7H3,(H,28,30)/b27-14+. The lowest BCUT2D eigenvalue weighted by Crippen LogP contribution is -2.49. The van der Waals surface area contributed by atoms with E-state index in [0.717, 1.165) is 16.7 Å². The predicted molar refractivity (Wildman–Crippen MR) is 128 cm³/mol. The lowest BCUT2D eigenvalue weighted by molar-refractivity contribution is 0.0955. The van der Waals surface area contributed by atoms with Gasteiger partial charge in [0.05, 0.1) is 22.3 Å². The van der Waals surface area contributed by atoms with Crippen LogP contribution >= 0.6 is 11.6 Å². The number of amides is 1. The second kappa shape index (κ2) is 8.27. The van der Waals surface area contributed by atoms with Crippen LogP contribution in [0, 0.1) is 13.8 Å². The normalized spacial score (nSPS) is 15.4. The average Bonchev–Trinajstić information content (AvgIpc) is 2.61. The van der Waals surface area contributed by atoms with E-state index in [1.807, 2.05) is 13.0 Å². The minimum absolute atomic E-state index is 0.0470. The number of allylic oxidation sites excluding steroid dienone is 1. The van der Waals surface area contributed by atoms with Crippen molar-refractivity contribution in [1.29, 1.82) is 0 Å². The SMILES string of the molecule is CC1=CC(C)(C)N(C(C)C)c2cc(C)c(/C=N/NC(=O)c3ccc(C)cc3Cl)cc21. The van der Waals surface area contributed by atoms with Crippen molar-refractivity contribution in [3.8, 4) is 0 Å². The minimum Gasteiger partial charge on any atom is -0.360 e. The first-order valence-electron chi connectivity index (χ1n) is 10.2. The lowest BCUT2D eigenvalue weighted by Gasteiger charge is -2.46. The number of nitrogens with one attached hydrogen (secondary N) is 1. The van der Waals surface area contributed by atoms with Crippen molar-refractivity contribution in [3.63, 3.8) is 0 Å². The fourth-order valence-electron chi connectivity index (χ4n) is 4.32. The van der Waals surface area contributed by atoms with Crippen LogP contribution < -0.4 is 10.3 Å². The number of rotatable bonds is 4. The highest BCUT2D eigenvalue weighted by Gasteiger charge is 2.33. The molecule has 158 valence electrons. The molecule has 0 aromatic heterocycles. The molecule has 2 aromatic carbocycles. The van der Waals surface area contributed by atoms with Gasteiger partial charge in [-0.25, -0.2) is 5.43 Å². The van der Waals surface area contributed by atoms with Crippen LogP contribution in [0.2, 0.25) is 5.02 Å². The zero-order chi connectivity index (χ0) is 22.2. The first kappa shape index (κ1) is 22.1. The summed E-state index contributed by atoms with van der Waals surface area (Å²) in [6.45, 7) is 15.1. The van der Waals surface area contributed by atoms with Gasteiger partial charge in [-0.05, 0) is 95.0 Å². The molecule has 0 atom stereocenters. The van der Waals surface area contributed by atoms with Gasteiger partial charge in [-0.3, -0.25) is 4.79 Å². The summed E-state index contributed by atoms with van der Waals surface area (Å²) in [6, 6.07) is 10.1. The van der Waals surface area contributed by atoms with Crippen molar-refractivity contribution >= 4 is 35.0 Å². The van der Waals surface area contributed by atoms with Gasteiger partial charge in [-0.1, -0.05) is 23.7 Å². The number of hydrogen-bond donors (Lipinski definition) is 1. The maximum absolute atomic E-state index is 12.4. The van der Waals surface area contributed by atoms with Crippen molar-refractivity contribution in [2.75, 3.05) is 4.90 Å². The van der Waals surface area contributed by atoms with E-state index in [2.05, 4.69) is 75.2 Å². The van der Waals surface area contributed by atoms with Crippen molar-refractivity contribution in [2.24, 2.45) is 5.10 Å².